The van der Waals surface area contributed by atoms with E-state index in [0.29, 0.717) is 9.26 Å². The molecule has 0 aromatic heterocycles. The van der Waals surface area contributed by atoms with Crippen molar-refractivity contribution in [3.63, 3.8) is 0 Å². The van der Waals surface area contributed by atoms with E-state index in [9.17, 15) is 4.39 Å². The molecule has 0 saturated heterocycles. The lowest BCUT2D eigenvalue weighted by Gasteiger charge is -2.05. The highest BCUT2D eigenvalue weighted by Gasteiger charge is 2.07. The van der Waals surface area contributed by atoms with Crippen LogP contribution in [0.15, 0.2) is 29.5 Å². The minimum absolute atomic E-state index is 0.198. The van der Waals surface area contributed by atoms with Crippen molar-refractivity contribution < 1.29 is 4.39 Å². The van der Waals surface area contributed by atoms with Gasteiger partial charge in [0.15, 0.2) is 5.57 Å². The number of benzene rings is 1. The molecule has 1 N–H and O–H groups in total. The zero-order valence-corrected chi connectivity index (χ0v) is 10.5. The maximum atomic E-state index is 13.1. The van der Waals surface area contributed by atoms with Crippen molar-refractivity contribution in [3.8, 4) is 18.2 Å². The van der Waals surface area contributed by atoms with Crippen molar-refractivity contribution in [2.24, 2.45) is 0 Å². The van der Waals surface area contributed by atoms with Crippen LogP contribution in [-0.4, -0.2) is 0 Å². The average molecular weight is 338 g/mol. The van der Waals surface area contributed by atoms with Gasteiger partial charge in [0.2, 0.25) is 0 Å². The van der Waals surface area contributed by atoms with Gasteiger partial charge in [-0.3, -0.25) is 0 Å². The van der Waals surface area contributed by atoms with Crippen LogP contribution in [0.1, 0.15) is 0 Å². The average Bonchev–Trinajstić information content (AvgIpc) is 2.27. The molecule has 0 fully saturated rings. The van der Waals surface area contributed by atoms with E-state index in [2.05, 4.69) is 5.32 Å². The van der Waals surface area contributed by atoms with E-state index in [1.807, 2.05) is 22.6 Å². The molecule has 6 heteroatoms. The summed E-state index contributed by atoms with van der Waals surface area (Å²) in [5.41, 5.74) is -0.225. The van der Waals surface area contributed by atoms with Crippen LogP contribution < -0.4 is 5.32 Å². The molecule has 0 bridgehead atoms. The molecule has 0 aliphatic heterocycles. The van der Waals surface area contributed by atoms with Gasteiger partial charge in [-0.05, 0) is 40.8 Å². The summed E-state index contributed by atoms with van der Waals surface area (Å²) in [6, 6.07) is 8.95. The van der Waals surface area contributed by atoms with Gasteiger partial charge in [-0.25, -0.2) is 4.39 Å². The third-order valence-corrected chi connectivity index (χ3v) is 2.34. The van der Waals surface area contributed by atoms with E-state index in [1.54, 1.807) is 24.3 Å². The normalized spacial score (nSPS) is 8.41. The second-order valence-corrected chi connectivity index (χ2v) is 4.11. The molecule has 1 aromatic carbocycles. The van der Waals surface area contributed by atoms with Crippen LogP contribution in [0.5, 0.6) is 0 Å². The number of nitriles is 3. The summed E-state index contributed by atoms with van der Waals surface area (Å²) in [6.07, 6.45) is 0. The molecular formula is C11H4FIN4. The minimum Gasteiger partial charge on any atom is -0.345 e. The van der Waals surface area contributed by atoms with Gasteiger partial charge in [0, 0.05) is 9.26 Å². The van der Waals surface area contributed by atoms with Gasteiger partial charge in [-0.15, -0.1) is 0 Å². The Balaban J connectivity index is 3.15. The summed E-state index contributed by atoms with van der Waals surface area (Å²) in [5, 5.41) is 28.6. The molecule has 82 valence electrons. The topological polar surface area (TPSA) is 83.4 Å². The van der Waals surface area contributed by atoms with Gasteiger partial charge < -0.3 is 5.32 Å². The summed E-state index contributed by atoms with van der Waals surface area (Å²) in [7, 11) is 0. The highest BCUT2D eigenvalue weighted by atomic mass is 127. The lowest BCUT2D eigenvalue weighted by atomic mass is 10.2. The van der Waals surface area contributed by atoms with Crippen LogP contribution in [0.3, 0.4) is 0 Å². The molecule has 0 saturated carbocycles. The molecule has 1 rings (SSSR count). The van der Waals surface area contributed by atoms with E-state index in [4.69, 9.17) is 15.8 Å². The van der Waals surface area contributed by atoms with Crippen molar-refractivity contribution in [1.82, 2.24) is 0 Å². The second kappa shape index (κ2) is 5.83. The first-order valence-corrected chi connectivity index (χ1v) is 5.36. The fourth-order valence-corrected chi connectivity index (χ4v) is 1.69. The third kappa shape index (κ3) is 3.44. The van der Waals surface area contributed by atoms with Gasteiger partial charge in [-0.2, -0.15) is 15.8 Å². The van der Waals surface area contributed by atoms with Crippen LogP contribution >= 0.6 is 22.6 Å². The largest absolute Gasteiger partial charge is 0.345 e. The molecule has 0 aliphatic carbocycles. The van der Waals surface area contributed by atoms with Crippen molar-refractivity contribution in [2.75, 3.05) is 5.32 Å². The Hall–Kier alpha value is -2.11. The summed E-state index contributed by atoms with van der Waals surface area (Å²) < 4.78 is 13.7. The summed E-state index contributed by atoms with van der Waals surface area (Å²) in [5.74, 6) is -0.466. The van der Waals surface area contributed by atoms with Crippen molar-refractivity contribution in [1.29, 1.82) is 15.8 Å². The van der Waals surface area contributed by atoms with Crippen molar-refractivity contribution >= 4 is 28.3 Å². The summed E-state index contributed by atoms with van der Waals surface area (Å²) in [4.78, 5) is 0. The molecule has 4 nitrogen and oxygen atoms in total. The van der Waals surface area contributed by atoms with Gasteiger partial charge in [-0.1, -0.05) is 0 Å². The van der Waals surface area contributed by atoms with E-state index >= 15 is 0 Å². The summed E-state index contributed by atoms with van der Waals surface area (Å²) in [6.45, 7) is 0. The highest BCUT2D eigenvalue weighted by molar-refractivity contribution is 14.1. The fraction of sp³-hybridized carbons (Fsp3) is 0. The second-order valence-electron chi connectivity index (χ2n) is 2.87. The monoisotopic (exact) mass is 338 g/mol. The molecule has 0 spiro atoms. The Morgan fingerprint density at radius 2 is 1.76 bits per heavy atom. The quantitative estimate of drug-likeness (QED) is 0.664. The van der Waals surface area contributed by atoms with E-state index in [1.165, 1.54) is 12.1 Å². The Kier molecular flexibility index (Phi) is 4.45. The van der Waals surface area contributed by atoms with Crippen molar-refractivity contribution in [2.45, 2.75) is 0 Å². The maximum absolute atomic E-state index is 13.1. The number of halogens is 2. The molecule has 0 aliphatic rings. The first kappa shape index (κ1) is 13.0. The van der Waals surface area contributed by atoms with E-state index < -0.39 is 5.82 Å². The molecule has 0 atom stereocenters. The zero-order chi connectivity index (χ0) is 12.8. The molecule has 0 heterocycles. The van der Waals surface area contributed by atoms with E-state index in [-0.39, 0.29) is 11.3 Å². The van der Waals surface area contributed by atoms with Crippen LogP contribution in [0.25, 0.3) is 0 Å². The van der Waals surface area contributed by atoms with Gasteiger partial charge >= 0.3 is 0 Å². The van der Waals surface area contributed by atoms with Crippen LogP contribution in [0.2, 0.25) is 0 Å². The van der Waals surface area contributed by atoms with Crippen LogP contribution in [-0.2, 0) is 0 Å². The third-order valence-electron chi connectivity index (χ3n) is 1.72. The van der Waals surface area contributed by atoms with Crippen molar-refractivity contribution in [3.05, 3.63) is 38.9 Å². The number of nitrogens with zero attached hydrogens (tertiary/aromatic N) is 3. The van der Waals surface area contributed by atoms with Gasteiger partial charge in [0.05, 0.1) is 0 Å². The number of allylic oxidation sites excluding steroid dienone is 2. The fourth-order valence-electron chi connectivity index (χ4n) is 1.05. The number of rotatable bonds is 2. The molecule has 0 amide bonds. The van der Waals surface area contributed by atoms with Gasteiger partial charge in [0.1, 0.15) is 29.7 Å². The number of hydrogen-bond donors (Lipinski definition) is 1. The Labute approximate surface area is 111 Å². The lowest BCUT2D eigenvalue weighted by Crippen LogP contribution is -2.01. The zero-order valence-electron chi connectivity index (χ0n) is 8.33. The smallest absolute Gasteiger partial charge is 0.163 e. The first-order valence-electron chi connectivity index (χ1n) is 4.28. The molecular weight excluding hydrogens is 334 g/mol. The first-order chi connectivity index (χ1) is 8.10. The number of nitrogens with one attached hydrogen (secondary N) is 1. The Morgan fingerprint density at radius 3 is 2.24 bits per heavy atom. The summed E-state index contributed by atoms with van der Waals surface area (Å²) >= 11 is 1.92. The van der Waals surface area contributed by atoms with Crippen LogP contribution in [0, 0.1) is 43.4 Å². The van der Waals surface area contributed by atoms with E-state index in [0.717, 1.165) is 0 Å². The predicted octanol–water partition coefficient (Wildman–Crippen LogP) is 2.67. The number of hydrogen-bond acceptors (Lipinski definition) is 4. The molecule has 17 heavy (non-hydrogen) atoms. The molecule has 0 radical (unpaired) electrons. The number of anilines is 1. The lowest BCUT2D eigenvalue weighted by molar-refractivity contribution is 0.627. The van der Waals surface area contributed by atoms with Gasteiger partial charge in [0.25, 0.3) is 0 Å². The van der Waals surface area contributed by atoms with Crippen LogP contribution in [0.4, 0.5) is 10.1 Å². The Bertz CT molecular complexity index is 565. The maximum Gasteiger partial charge on any atom is 0.163 e. The Morgan fingerprint density at radius 1 is 1.12 bits per heavy atom. The predicted molar refractivity (Wildman–Crippen MR) is 66.6 cm³/mol. The minimum atomic E-state index is -0.466. The molecule has 1 aromatic rings. The SMILES string of the molecule is N#CC(C#N)=C(C#N)Nc1cc(F)cc(I)c1. The highest BCUT2D eigenvalue weighted by Crippen LogP contribution is 2.18. The standard InChI is InChI=1S/C11H4FIN4/c12-8-1-9(13)3-10(2-8)17-11(6-16)7(4-14)5-15/h1-3,17H. The molecule has 0 unspecified atom stereocenters.